The molecule has 0 aliphatic carbocycles. The van der Waals surface area contributed by atoms with Gasteiger partial charge in [-0.1, -0.05) is 0 Å². The van der Waals surface area contributed by atoms with Crippen molar-refractivity contribution in [2.45, 2.75) is 52.0 Å². The molecule has 7 nitrogen and oxygen atoms in total. The van der Waals surface area contributed by atoms with Gasteiger partial charge in [-0.25, -0.2) is 8.42 Å². The highest BCUT2D eigenvalue weighted by Crippen LogP contribution is 2.39. The van der Waals surface area contributed by atoms with Gasteiger partial charge in [0.15, 0.2) is 0 Å². The van der Waals surface area contributed by atoms with E-state index in [1.165, 1.54) is 19.1 Å². The molecule has 31 heavy (non-hydrogen) atoms. The molecule has 1 aliphatic rings. The molecule has 0 spiro atoms. The van der Waals surface area contributed by atoms with Crippen LogP contribution in [0, 0.1) is 6.92 Å². The Balaban J connectivity index is 1.93. The smallest absolute Gasteiger partial charge is 0.261 e. The number of ether oxygens (including phenoxy) is 1. The molecule has 1 aliphatic heterocycles. The number of aryl methyl sites for hydroxylation is 1. The number of amides is 1. The number of rotatable bonds is 6. The summed E-state index contributed by atoms with van der Waals surface area (Å²) in [6.45, 7) is 13.4. The molecule has 0 unspecified atom stereocenters. The molecule has 0 radical (unpaired) electrons. The van der Waals surface area contributed by atoms with Crippen molar-refractivity contribution in [3.63, 3.8) is 0 Å². The van der Waals surface area contributed by atoms with Crippen LogP contribution < -0.4 is 19.3 Å². The SMILES string of the molecule is CCN(CC)c1ccc(NS(=O)(=O)c2ccc3c(c2)N(C(C)=O)CC(C)(C)O3)c(C)c1. The number of carbonyl (C=O) groups excluding carboxylic acids is 1. The number of carbonyl (C=O) groups is 1. The summed E-state index contributed by atoms with van der Waals surface area (Å²) in [7, 11) is -3.85. The molecule has 2 aromatic carbocycles. The topological polar surface area (TPSA) is 79.0 Å². The van der Waals surface area contributed by atoms with E-state index in [2.05, 4.69) is 23.5 Å². The van der Waals surface area contributed by atoms with Crippen molar-refractivity contribution in [1.82, 2.24) is 0 Å². The summed E-state index contributed by atoms with van der Waals surface area (Å²) in [6, 6.07) is 10.3. The van der Waals surface area contributed by atoms with E-state index in [-0.39, 0.29) is 10.8 Å². The molecule has 1 amide bonds. The van der Waals surface area contributed by atoms with Gasteiger partial charge in [-0.3, -0.25) is 9.52 Å². The van der Waals surface area contributed by atoms with Crippen LogP contribution in [-0.2, 0) is 14.8 Å². The number of hydrogen-bond acceptors (Lipinski definition) is 5. The fourth-order valence-corrected chi connectivity index (χ4v) is 4.94. The predicted molar refractivity (Wildman–Crippen MR) is 125 cm³/mol. The van der Waals surface area contributed by atoms with E-state index in [1.807, 2.05) is 32.9 Å². The second kappa shape index (κ2) is 8.42. The molecule has 0 aromatic heterocycles. The van der Waals surface area contributed by atoms with E-state index in [9.17, 15) is 13.2 Å². The number of hydrogen-bond donors (Lipinski definition) is 1. The number of benzene rings is 2. The van der Waals surface area contributed by atoms with E-state index in [0.717, 1.165) is 24.3 Å². The molecule has 2 aromatic rings. The van der Waals surface area contributed by atoms with Crippen LogP contribution in [0.3, 0.4) is 0 Å². The Morgan fingerprint density at radius 3 is 2.42 bits per heavy atom. The van der Waals surface area contributed by atoms with Crippen molar-refractivity contribution in [1.29, 1.82) is 0 Å². The molecule has 168 valence electrons. The minimum absolute atomic E-state index is 0.0769. The van der Waals surface area contributed by atoms with Gasteiger partial charge in [0.25, 0.3) is 10.0 Å². The van der Waals surface area contributed by atoms with Crippen molar-refractivity contribution in [3.05, 3.63) is 42.0 Å². The molecule has 0 saturated carbocycles. The lowest BCUT2D eigenvalue weighted by Crippen LogP contribution is -2.48. The van der Waals surface area contributed by atoms with Crippen molar-refractivity contribution >= 4 is 33.0 Å². The lowest BCUT2D eigenvalue weighted by Gasteiger charge is -2.39. The molecule has 1 heterocycles. The number of fused-ring (bicyclic) bond motifs is 1. The first-order chi connectivity index (χ1) is 14.5. The van der Waals surface area contributed by atoms with Gasteiger partial charge < -0.3 is 14.5 Å². The summed E-state index contributed by atoms with van der Waals surface area (Å²) in [5, 5.41) is 0. The maximum Gasteiger partial charge on any atom is 0.261 e. The molecule has 1 N–H and O–H groups in total. The summed E-state index contributed by atoms with van der Waals surface area (Å²) >= 11 is 0. The third-order valence-corrected chi connectivity index (χ3v) is 6.78. The van der Waals surface area contributed by atoms with Gasteiger partial charge in [0.1, 0.15) is 11.4 Å². The van der Waals surface area contributed by atoms with Gasteiger partial charge in [0.2, 0.25) is 5.91 Å². The molecule has 8 heteroatoms. The lowest BCUT2D eigenvalue weighted by molar-refractivity contribution is -0.117. The Bertz CT molecular complexity index is 1090. The Labute approximate surface area is 185 Å². The first-order valence-corrected chi connectivity index (χ1v) is 12.0. The van der Waals surface area contributed by atoms with Gasteiger partial charge in [0, 0.05) is 25.7 Å². The predicted octanol–water partition coefficient (Wildman–Crippen LogP) is 4.17. The number of nitrogens with zero attached hydrogens (tertiary/aromatic N) is 2. The van der Waals surface area contributed by atoms with Crippen LogP contribution in [-0.4, -0.2) is 39.6 Å². The van der Waals surface area contributed by atoms with Crippen molar-refractivity contribution < 1.29 is 17.9 Å². The third-order valence-electron chi connectivity index (χ3n) is 5.42. The van der Waals surface area contributed by atoms with Gasteiger partial charge in [-0.05, 0) is 76.6 Å². The normalized spacial score (nSPS) is 15.1. The average molecular weight is 446 g/mol. The average Bonchev–Trinajstić information content (AvgIpc) is 2.69. The molecule has 0 fully saturated rings. The Kier molecular flexibility index (Phi) is 6.23. The zero-order valence-electron chi connectivity index (χ0n) is 19.0. The maximum absolute atomic E-state index is 13.1. The quantitative estimate of drug-likeness (QED) is 0.722. The maximum atomic E-state index is 13.1. The van der Waals surface area contributed by atoms with Crippen molar-refractivity contribution in [2.75, 3.05) is 34.2 Å². The van der Waals surface area contributed by atoms with Gasteiger partial charge in [0.05, 0.1) is 22.8 Å². The molecule has 0 bridgehead atoms. The highest BCUT2D eigenvalue weighted by atomic mass is 32.2. The number of anilines is 3. The van der Waals surface area contributed by atoms with Crippen LogP contribution in [0.5, 0.6) is 5.75 Å². The van der Waals surface area contributed by atoms with E-state index in [4.69, 9.17) is 4.74 Å². The fraction of sp³-hybridized carbons (Fsp3) is 0.435. The fourth-order valence-electron chi connectivity index (χ4n) is 3.79. The zero-order chi connectivity index (χ0) is 23.0. The van der Waals surface area contributed by atoms with Crippen LogP contribution in [0.2, 0.25) is 0 Å². The summed E-state index contributed by atoms with van der Waals surface area (Å²) in [5.74, 6) is 0.327. The number of sulfonamides is 1. The summed E-state index contributed by atoms with van der Waals surface area (Å²) in [6.07, 6.45) is 0. The minimum Gasteiger partial charge on any atom is -0.484 e. The second-order valence-corrected chi connectivity index (χ2v) is 10.1. The minimum atomic E-state index is -3.85. The largest absolute Gasteiger partial charge is 0.484 e. The highest BCUT2D eigenvalue weighted by molar-refractivity contribution is 7.92. The van der Waals surface area contributed by atoms with E-state index >= 15 is 0 Å². The first-order valence-electron chi connectivity index (χ1n) is 10.5. The lowest BCUT2D eigenvalue weighted by atomic mass is 10.1. The molecule has 0 saturated heterocycles. The summed E-state index contributed by atoms with van der Waals surface area (Å²) in [4.78, 5) is 16.0. The standard InChI is InChI=1S/C23H31N3O4S/c1-7-25(8-2)18-9-11-20(16(3)13-18)24-31(28,29)19-10-12-22-21(14-19)26(17(4)27)15-23(5,6)30-22/h9-14,24H,7-8,15H2,1-6H3. The summed E-state index contributed by atoms with van der Waals surface area (Å²) in [5.41, 5.74) is 2.32. The summed E-state index contributed by atoms with van der Waals surface area (Å²) < 4.78 is 34.8. The van der Waals surface area contributed by atoms with Crippen LogP contribution in [0.15, 0.2) is 41.3 Å². The number of nitrogens with one attached hydrogen (secondary N) is 1. The second-order valence-electron chi connectivity index (χ2n) is 8.37. The Hall–Kier alpha value is -2.74. The Morgan fingerprint density at radius 2 is 1.84 bits per heavy atom. The van der Waals surface area contributed by atoms with E-state index in [0.29, 0.717) is 23.7 Å². The molecular formula is C23H31N3O4S. The van der Waals surface area contributed by atoms with E-state index in [1.54, 1.807) is 17.0 Å². The highest BCUT2D eigenvalue weighted by Gasteiger charge is 2.34. The molecular weight excluding hydrogens is 414 g/mol. The van der Waals surface area contributed by atoms with Crippen LogP contribution in [0.25, 0.3) is 0 Å². The Morgan fingerprint density at radius 1 is 1.16 bits per heavy atom. The van der Waals surface area contributed by atoms with Crippen LogP contribution in [0.4, 0.5) is 17.1 Å². The van der Waals surface area contributed by atoms with Gasteiger partial charge >= 0.3 is 0 Å². The molecule has 3 rings (SSSR count). The van der Waals surface area contributed by atoms with Crippen LogP contribution in [0.1, 0.15) is 40.2 Å². The van der Waals surface area contributed by atoms with Crippen molar-refractivity contribution in [2.24, 2.45) is 0 Å². The third kappa shape index (κ3) is 4.79. The van der Waals surface area contributed by atoms with Gasteiger partial charge in [-0.2, -0.15) is 0 Å². The molecule has 0 atom stereocenters. The monoisotopic (exact) mass is 445 g/mol. The zero-order valence-corrected chi connectivity index (χ0v) is 19.8. The van der Waals surface area contributed by atoms with Crippen molar-refractivity contribution in [3.8, 4) is 5.75 Å². The van der Waals surface area contributed by atoms with Crippen LogP contribution >= 0.6 is 0 Å². The van der Waals surface area contributed by atoms with Gasteiger partial charge in [-0.15, -0.1) is 0 Å². The first kappa shape index (κ1) is 22.9. The van der Waals surface area contributed by atoms with E-state index < -0.39 is 15.6 Å².